The Morgan fingerprint density at radius 1 is 1.54 bits per heavy atom. The highest BCUT2D eigenvalue weighted by Crippen LogP contribution is 2.29. The maximum atomic E-state index is 12.3. The zero-order valence-corrected chi connectivity index (χ0v) is 13.9. The number of hydrogen-bond donors (Lipinski definition) is 3. The number of fused-ring (bicyclic) bond motifs is 1. The van der Waals surface area contributed by atoms with E-state index in [9.17, 15) is 4.79 Å². The van der Waals surface area contributed by atoms with Crippen LogP contribution in [0.25, 0.3) is 0 Å². The first-order valence-electron chi connectivity index (χ1n) is 8.16. The normalized spacial score (nSPS) is 18.0. The molecular formula is C15H23N7O2. The maximum Gasteiger partial charge on any atom is 0.315 e. The molecule has 0 aromatic carbocycles. The molecule has 0 radical (unpaired) electrons. The Morgan fingerprint density at radius 3 is 3.08 bits per heavy atom. The lowest BCUT2D eigenvalue weighted by Gasteiger charge is -2.25. The number of nitrogens with zero attached hydrogens (tertiary/aromatic N) is 5. The summed E-state index contributed by atoms with van der Waals surface area (Å²) in [5.41, 5.74) is 2.14. The van der Waals surface area contributed by atoms with E-state index in [1.807, 2.05) is 18.7 Å². The Bertz CT molecular complexity index is 708. The summed E-state index contributed by atoms with van der Waals surface area (Å²) in [6, 6.07) is -0.538. The van der Waals surface area contributed by atoms with E-state index in [0.29, 0.717) is 12.4 Å². The number of carbonyl (C=O) groups excluding carboxylic acids is 1. The molecule has 0 unspecified atom stereocenters. The summed E-state index contributed by atoms with van der Waals surface area (Å²) in [5.74, 6) is 0.699. The summed E-state index contributed by atoms with van der Waals surface area (Å²) in [4.78, 5) is 12.3. The number of urea groups is 1. The van der Waals surface area contributed by atoms with Crippen LogP contribution in [0.4, 0.5) is 4.79 Å². The van der Waals surface area contributed by atoms with Gasteiger partial charge in [0.05, 0.1) is 31.4 Å². The van der Waals surface area contributed by atoms with E-state index in [4.69, 9.17) is 5.11 Å². The van der Waals surface area contributed by atoms with Gasteiger partial charge in [-0.25, -0.2) is 4.79 Å². The second kappa shape index (κ2) is 7.00. The number of nitrogens with one attached hydrogen (secondary N) is 2. The van der Waals surface area contributed by atoms with Crippen molar-refractivity contribution in [1.29, 1.82) is 0 Å². The molecule has 9 nitrogen and oxygen atoms in total. The molecule has 0 bridgehead atoms. The van der Waals surface area contributed by atoms with E-state index in [-0.39, 0.29) is 24.7 Å². The zero-order chi connectivity index (χ0) is 17.1. The van der Waals surface area contributed by atoms with E-state index >= 15 is 0 Å². The number of aliphatic hydroxyl groups is 1. The van der Waals surface area contributed by atoms with Gasteiger partial charge in [-0.05, 0) is 26.2 Å². The van der Waals surface area contributed by atoms with Gasteiger partial charge in [-0.1, -0.05) is 0 Å². The third-order valence-electron chi connectivity index (χ3n) is 4.36. The van der Waals surface area contributed by atoms with Crippen LogP contribution in [0.2, 0.25) is 0 Å². The highest BCUT2D eigenvalue weighted by molar-refractivity contribution is 5.75. The SMILES string of the molecule is C[C@H](NC(=O)N[C@@H]1CCCc2c1cnn2CCO)c1nncn1C. The second-order valence-corrected chi connectivity index (χ2v) is 6.08. The Labute approximate surface area is 140 Å². The summed E-state index contributed by atoms with van der Waals surface area (Å²) in [6.45, 7) is 2.41. The van der Waals surface area contributed by atoms with Crippen molar-refractivity contribution >= 4 is 6.03 Å². The Hall–Kier alpha value is -2.42. The Kier molecular flexibility index (Phi) is 4.79. The topological polar surface area (TPSA) is 110 Å². The van der Waals surface area contributed by atoms with Crippen molar-refractivity contribution in [2.24, 2.45) is 7.05 Å². The van der Waals surface area contributed by atoms with Crippen LogP contribution in [-0.4, -0.2) is 42.3 Å². The Morgan fingerprint density at radius 2 is 2.38 bits per heavy atom. The van der Waals surface area contributed by atoms with Crippen molar-refractivity contribution < 1.29 is 9.90 Å². The van der Waals surface area contributed by atoms with Crippen LogP contribution in [0.5, 0.6) is 0 Å². The average Bonchev–Trinajstić information content (AvgIpc) is 3.15. The van der Waals surface area contributed by atoms with Crippen LogP contribution in [0, 0.1) is 0 Å². The summed E-state index contributed by atoms with van der Waals surface area (Å²) in [5, 5.41) is 27.2. The third kappa shape index (κ3) is 3.25. The van der Waals surface area contributed by atoms with Crippen molar-refractivity contribution in [2.75, 3.05) is 6.61 Å². The molecule has 0 fully saturated rings. The predicted molar refractivity (Wildman–Crippen MR) is 86.1 cm³/mol. The number of aliphatic hydroxyl groups excluding tert-OH is 1. The molecule has 2 amide bonds. The largest absolute Gasteiger partial charge is 0.394 e. The number of carbonyl (C=O) groups is 1. The van der Waals surface area contributed by atoms with Gasteiger partial charge in [0.25, 0.3) is 0 Å². The molecule has 2 aromatic heterocycles. The first-order chi connectivity index (χ1) is 11.6. The summed E-state index contributed by atoms with van der Waals surface area (Å²) < 4.78 is 3.60. The fraction of sp³-hybridized carbons (Fsp3) is 0.600. The third-order valence-corrected chi connectivity index (χ3v) is 4.36. The molecular weight excluding hydrogens is 310 g/mol. The van der Waals surface area contributed by atoms with Crippen molar-refractivity contribution in [1.82, 2.24) is 35.2 Å². The monoisotopic (exact) mass is 333 g/mol. The molecule has 0 saturated heterocycles. The number of aryl methyl sites for hydroxylation is 1. The smallest absolute Gasteiger partial charge is 0.315 e. The molecule has 3 rings (SSSR count). The van der Waals surface area contributed by atoms with Crippen LogP contribution in [0.3, 0.4) is 0 Å². The Balaban J connectivity index is 1.65. The van der Waals surface area contributed by atoms with E-state index in [2.05, 4.69) is 25.9 Å². The number of aromatic nitrogens is 5. The van der Waals surface area contributed by atoms with E-state index in [1.165, 1.54) is 0 Å². The van der Waals surface area contributed by atoms with E-state index in [1.54, 1.807) is 17.1 Å². The average molecular weight is 333 g/mol. The highest BCUT2D eigenvalue weighted by atomic mass is 16.3. The minimum absolute atomic E-state index is 0.0575. The first-order valence-corrected chi connectivity index (χ1v) is 8.16. The van der Waals surface area contributed by atoms with Crippen molar-refractivity contribution in [3.05, 3.63) is 29.6 Å². The predicted octanol–water partition coefficient (Wildman–Crippen LogP) is 0.442. The van der Waals surface area contributed by atoms with E-state index < -0.39 is 0 Å². The summed E-state index contributed by atoms with van der Waals surface area (Å²) in [7, 11) is 1.84. The molecule has 24 heavy (non-hydrogen) atoms. The number of hydrogen-bond acceptors (Lipinski definition) is 5. The quantitative estimate of drug-likeness (QED) is 0.735. The molecule has 2 aromatic rings. The van der Waals surface area contributed by atoms with Gasteiger partial charge >= 0.3 is 6.03 Å². The molecule has 0 aliphatic heterocycles. The lowest BCUT2D eigenvalue weighted by Crippen LogP contribution is -2.40. The second-order valence-electron chi connectivity index (χ2n) is 6.08. The highest BCUT2D eigenvalue weighted by Gasteiger charge is 2.26. The summed E-state index contributed by atoms with van der Waals surface area (Å²) >= 11 is 0. The van der Waals surface area contributed by atoms with Crippen LogP contribution in [0.1, 0.15) is 48.9 Å². The van der Waals surface area contributed by atoms with Crippen LogP contribution in [-0.2, 0) is 20.0 Å². The fourth-order valence-electron chi connectivity index (χ4n) is 3.20. The maximum absolute atomic E-state index is 12.3. The first kappa shape index (κ1) is 16.4. The number of rotatable bonds is 5. The van der Waals surface area contributed by atoms with Crippen LogP contribution < -0.4 is 10.6 Å². The molecule has 0 saturated carbocycles. The molecule has 1 aliphatic carbocycles. The molecule has 130 valence electrons. The molecule has 9 heteroatoms. The van der Waals surface area contributed by atoms with Crippen molar-refractivity contribution in [3.8, 4) is 0 Å². The van der Waals surface area contributed by atoms with Gasteiger partial charge < -0.3 is 20.3 Å². The van der Waals surface area contributed by atoms with Gasteiger partial charge in [0.1, 0.15) is 6.33 Å². The zero-order valence-electron chi connectivity index (χ0n) is 13.9. The van der Waals surface area contributed by atoms with Gasteiger partial charge in [0.2, 0.25) is 0 Å². The van der Waals surface area contributed by atoms with Gasteiger partial charge in [-0.3, -0.25) is 4.68 Å². The van der Waals surface area contributed by atoms with E-state index in [0.717, 1.165) is 30.5 Å². The van der Waals surface area contributed by atoms with Gasteiger partial charge in [-0.15, -0.1) is 10.2 Å². The standard InChI is InChI=1S/C15H23N7O2/c1-10(14-20-16-9-21(14)2)18-15(24)19-12-4-3-5-13-11(12)8-17-22(13)6-7-23/h8-10,12,23H,3-7H2,1-2H3,(H2,18,19,24)/t10-,12+/m0/s1. The summed E-state index contributed by atoms with van der Waals surface area (Å²) in [6.07, 6.45) is 6.18. The molecule has 2 heterocycles. The van der Waals surface area contributed by atoms with Crippen LogP contribution >= 0.6 is 0 Å². The lowest BCUT2D eigenvalue weighted by atomic mass is 9.93. The van der Waals surface area contributed by atoms with Gasteiger partial charge in [-0.2, -0.15) is 5.10 Å². The van der Waals surface area contributed by atoms with Gasteiger partial charge in [0.15, 0.2) is 5.82 Å². The minimum Gasteiger partial charge on any atom is -0.394 e. The molecule has 0 spiro atoms. The van der Waals surface area contributed by atoms with Crippen molar-refractivity contribution in [3.63, 3.8) is 0 Å². The van der Waals surface area contributed by atoms with Crippen LogP contribution in [0.15, 0.2) is 12.5 Å². The fourth-order valence-corrected chi connectivity index (χ4v) is 3.20. The minimum atomic E-state index is -0.238. The number of amides is 2. The molecule has 1 aliphatic rings. The lowest BCUT2D eigenvalue weighted by molar-refractivity contribution is 0.231. The van der Waals surface area contributed by atoms with Gasteiger partial charge in [0, 0.05) is 18.3 Å². The molecule has 3 N–H and O–H groups in total. The molecule has 2 atom stereocenters. The van der Waals surface area contributed by atoms with Crippen molar-refractivity contribution in [2.45, 2.75) is 44.8 Å².